The maximum absolute atomic E-state index is 12.5. The van der Waals surface area contributed by atoms with Crippen molar-refractivity contribution in [2.45, 2.75) is 26.2 Å². The van der Waals surface area contributed by atoms with Crippen molar-refractivity contribution < 1.29 is 10.0 Å². The van der Waals surface area contributed by atoms with Gasteiger partial charge in [0.2, 0.25) is 5.91 Å². The minimum absolute atomic E-state index is 0.0376. The van der Waals surface area contributed by atoms with Gasteiger partial charge in [-0.3, -0.25) is 4.79 Å². The van der Waals surface area contributed by atoms with E-state index in [0.717, 1.165) is 17.5 Å². The van der Waals surface area contributed by atoms with E-state index in [-0.39, 0.29) is 11.8 Å². The SMILES string of the molecule is CCC(C(=O)Nc1cccc(/C(C)=N/O)c1)c1ccccc1. The van der Waals surface area contributed by atoms with Crippen LogP contribution in [0.4, 0.5) is 5.69 Å². The summed E-state index contributed by atoms with van der Waals surface area (Å²) in [6.07, 6.45) is 0.729. The van der Waals surface area contributed by atoms with E-state index in [2.05, 4.69) is 10.5 Å². The topological polar surface area (TPSA) is 61.7 Å². The number of anilines is 1. The highest BCUT2D eigenvalue weighted by Crippen LogP contribution is 2.22. The molecule has 0 bridgehead atoms. The molecule has 0 saturated heterocycles. The average Bonchev–Trinajstić information content (AvgIpc) is 2.56. The lowest BCUT2D eigenvalue weighted by Crippen LogP contribution is -2.20. The van der Waals surface area contributed by atoms with Crippen LogP contribution in [0.2, 0.25) is 0 Å². The van der Waals surface area contributed by atoms with Crippen molar-refractivity contribution in [2.24, 2.45) is 5.16 Å². The first kappa shape index (κ1) is 15.8. The molecule has 2 rings (SSSR count). The molecule has 4 nitrogen and oxygen atoms in total. The molecule has 2 aromatic rings. The molecule has 0 radical (unpaired) electrons. The zero-order chi connectivity index (χ0) is 15.9. The number of oxime groups is 1. The van der Waals surface area contributed by atoms with E-state index in [0.29, 0.717) is 11.4 Å². The molecule has 2 aromatic carbocycles. The largest absolute Gasteiger partial charge is 0.411 e. The highest BCUT2D eigenvalue weighted by Gasteiger charge is 2.18. The van der Waals surface area contributed by atoms with Gasteiger partial charge in [-0.2, -0.15) is 0 Å². The summed E-state index contributed by atoms with van der Waals surface area (Å²) in [4.78, 5) is 12.5. The minimum Gasteiger partial charge on any atom is -0.411 e. The quantitative estimate of drug-likeness (QED) is 0.497. The van der Waals surface area contributed by atoms with Gasteiger partial charge in [-0.05, 0) is 31.0 Å². The van der Waals surface area contributed by atoms with E-state index in [1.54, 1.807) is 13.0 Å². The third-order valence-electron chi connectivity index (χ3n) is 3.62. The fourth-order valence-corrected chi connectivity index (χ4v) is 2.37. The van der Waals surface area contributed by atoms with E-state index in [1.165, 1.54) is 0 Å². The lowest BCUT2D eigenvalue weighted by Gasteiger charge is -2.15. The zero-order valence-electron chi connectivity index (χ0n) is 12.8. The molecule has 0 heterocycles. The van der Waals surface area contributed by atoms with E-state index < -0.39 is 0 Å². The van der Waals surface area contributed by atoms with E-state index in [4.69, 9.17) is 5.21 Å². The molecule has 0 fully saturated rings. The van der Waals surface area contributed by atoms with Gasteiger partial charge in [0.05, 0.1) is 11.6 Å². The second-order valence-electron chi connectivity index (χ2n) is 5.13. The second-order valence-corrected chi connectivity index (χ2v) is 5.13. The van der Waals surface area contributed by atoms with Crippen molar-refractivity contribution in [3.8, 4) is 0 Å². The molecule has 0 aromatic heterocycles. The Bertz CT molecular complexity index is 666. The summed E-state index contributed by atoms with van der Waals surface area (Å²) in [7, 11) is 0. The molecule has 0 aliphatic carbocycles. The van der Waals surface area contributed by atoms with Gasteiger partial charge >= 0.3 is 0 Å². The molecule has 114 valence electrons. The summed E-state index contributed by atoms with van der Waals surface area (Å²) in [6.45, 7) is 3.70. The maximum Gasteiger partial charge on any atom is 0.231 e. The molecule has 2 N–H and O–H groups in total. The molecule has 4 heteroatoms. The molecule has 1 amide bonds. The standard InChI is InChI=1S/C18H20N2O2/c1-3-17(14-8-5-4-6-9-14)18(21)19-16-11-7-10-15(12-16)13(2)20-22/h4-12,17,22H,3H2,1-2H3,(H,19,21)/b20-13+. The molecule has 22 heavy (non-hydrogen) atoms. The maximum atomic E-state index is 12.5. The van der Waals surface area contributed by atoms with Crippen molar-refractivity contribution >= 4 is 17.3 Å². The van der Waals surface area contributed by atoms with Gasteiger partial charge < -0.3 is 10.5 Å². The van der Waals surface area contributed by atoms with Crippen LogP contribution in [-0.2, 0) is 4.79 Å². The Balaban J connectivity index is 2.17. The third kappa shape index (κ3) is 3.73. The summed E-state index contributed by atoms with van der Waals surface area (Å²) in [5.41, 5.74) is 2.98. The number of carbonyl (C=O) groups excluding carboxylic acids is 1. The van der Waals surface area contributed by atoms with Crippen LogP contribution in [-0.4, -0.2) is 16.8 Å². The number of amides is 1. The summed E-state index contributed by atoms with van der Waals surface area (Å²) in [6, 6.07) is 17.0. The number of hydrogen-bond acceptors (Lipinski definition) is 3. The predicted octanol–water partition coefficient (Wildman–Crippen LogP) is 4.02. The minimum atomic E-state index is -0.183. The Morgan fingerprint density at radius 1 is 1.18 bits per heavy atom. The monoisotopic (exact) mass is 296 g/mol. The van der Waals surface area contributed by atoms with Crippen LogP contribution in [0.5, 0.6) is 0 Å². The highest BCUT2D eigenvalue weighted by atomic mass is 16.4. The first-order valence-corrected chi connectivity index (χ1v) is 7.30. The molecule has 0 spiro atoms. The molecule has 0 aliphatic rings. The molecular weight excluding hydrogens is 276 g/mol. The first-order valence-electron chi connectivity index (χ1n) is 7.30. The van der Waals surface area contributed by atoms with Crippen molar-refractivity contribution in [1.29, 1.82) is 0 Å². The first-order chi connectivity index (χ1) is 10.7. The van der Waals surface area contributed by atoms with Gasteiger partial charge in [-0.25, -0.2) is 0 Å². The average molecular weight is 296 g/mol. The van der Waals surface area contributed by atoms with Crippen molar-refractivity contribution in [2.75, 3.05) is 5.32 Å². The Hall–Kier alpha value is -2.62. The Morgan fingerprint density at radius 3 is 2.55 bits per heavy atom. The highest BCUT2D eigenvalue weighted by molar-refractivity contribution is 6.01. The van der Waals surface area contributed by atoms with Crippen LogP contribution < -0.4 is 5.32 Å². The van der Waals surface area contributed by atoms with Gasteiger partial charge in [0, 0.05) is 11.3 Å². The number of nitrogens with zero attached hydrogens (tertiary/aromatic N) is 1. The van der Waals surface area contributed by atoms with Crippen LogP contribution in [0.15, 0.2) is 59.8 Å². The van der Waals surface area contributed by atoms with Crippen molar-refractivity contribution in [3.05, 3.63) is 65.7 Å². The molecule has 1 unspecified atom stereocenters. The van der Waals surface area contributed by atoms with Crippen LogP contribution in [0.3, 0.4) is 0 Å². The molecule has 0 aliphatic heterocycles. The van der Waals surface area contributed by atoms with Gasteiger partial charge in [0.15, 0.2) is 0 Å². The van der Waals surface area contributed by atoms with E-state index >= 15 is 0 Å². The summed E-state index contributed by atoms with van der Waals surface area (Å²) in [5, 5.41) is 15.0. The molecule has 0 saturated carbocycles. The summed E-state index contributed by atoms with van der Waals surface area (Å²) in [5.74, 6) is -0.220. The van der Waals surface area contributed by atoms with Crippen LogP contribution in [0.25, 0.3) is 0 Å². The zero-order valence-corrected chi connectivity index (χ0v) is 12.8. The Kier molecular flexibility index (Phi) is 5.31. The normalized spacial score (nSPS) is 12.7. The van der Waals surface area contributed by atoms with E-state index in [1.807, 2.05) is 55.5 Å². The summed E-state index contributed by atoms with van der Waals surface area (Å²) < 4.78 is 0. The van der Waals surface area contributed by atoms with Crippen LogP contribution in [0, 0.1) is 0 Å². The smallest absolute Gasteiger partial charge is 0.231 e. The lowest BCUT2D eigenvalue weighted by molar-refractivity contribution is -0.117. The van der Waals surface area contributed by atoms with Crippen LogP contribution in [0.1, 0.15) is 37.3 Å². The van der Waals surface area contributed by atoms with Gasteiger partial charge in [0.1, 0.15) is 0 Å². The number of hydrogen-bond donors (Lipinski definition) is 2. The van der Waals surface area contributed by atoms with Gasteiger partial charge in [-0.1, -0.05) is 54.5 Å². The fraction of sp³-hybridized carbons (Fsp3) is 0.222. The van der Waals surface area contributed by atoms with Crippen molar-refractivity contribution in [3.63, 3.8) is 0 Å². The number of benzene rings is 2. The summed E-state index contributed by atoms with van der Waals surface area (Å²) >= 11 is 0. The predicted molar refractivity (Wildman–Crippen MR) is 88.5 cm³/mol. The Labute approximate surface area is 130 Å². The van der Waals surface area contributed by atoms with Gasteiger partial charge in [0.25, 0.3) is 0 Å². The van der Waals surface area contributed by atoms with Gasteiger partial charge in [-0.15, -0.1) is 0 Å². The van der Waals surface area contributed by atoms with E-state index in [9.17, 15) is 4.79 Å². The molecular formula is C18H20N2O2. The lowest BCUT2D eigenvalue weighted by atomic mass is 9.95. The van der Waals surface area contributed by atoms with Crippen molar-refractivity contribution in [1.82, 2.24) is 0 Å². The van der Waals surface area contributed by atoms with Crippen LogP contribution >= 0.6 is 0 Å². The number of rotatable bonds is 5. The number of carbonyl (C=O) groups is 1. The fourth-order valence-electron chi connectivity index (χ4n) is 2.37. The number of nitrogens with one attached hydrogen (secondary N) is 1. The Morgan fingerprint density at radius 2 is 1.91 bits per heavy atom. The third-order valence-corrected chi connectivity index (χ3v) is 3.62. The second kappa shape index (κ2) is 7.41. The molecule has 1 atom stereocenters.